The van der Waals surface area contributed by atoms with Gasteiger partial charge >= 0.3 is 6.18 Å². The number of aromatic nitrogens is 3. The number of aromatic amines is 2. The molecular weight excluding hydrogens is 571 g/mol. The molecule has 1 fully saturated rings. The van der Waals surface area contributed by atoms with Crippen LogP contribution in [0.4, 0.5) is 13.2 Å². The van der Waals surface area contributed by atoms with Crippen LogP contribution in [0.15, 0.2) is 47.4 Å². The second-order valence-corrected chi connectivity index (χ2v) is 11.6. The number of piperidine rings is 1. The van der Waals surface area contributed by atoms with Crippen molar-refractivity contribution in [1.29, 1.82) is 0 Å². The van der Waals surface area contributed by atoms with Gasteiger partial charge in [0.15, 0.2) is 0 Å². The first-order valence-electron chi connectivity index (χ1n) is 14.0. The zero-order valence-electron chi connectivity index (χ0n) is 22.6. The number of pyridine rings is 1. The number of carbonyl (C=O) groups is 2. The summed E-state index contributed by atoms with van der Waals surface area (Å²) in [5, 5.41) is 8.68. The summed E-state index contributed by atoms with van der Waals surface area (Å²) in [6, 6.07) is 11.2. The van der Waals surface area contributed by atoms with Crippen molar-refractivity contribution >= 4 is 45.2 Å². The number of nitrogens with one attached hydrogen (secondary N) is 2. The van der Waals surface area contributed by atoms with Gasteiger partial charge in [0, 0.05) is 48.4 Å². The number of likely N-dealkylation sites (tertiary alicyclic amines) is 1. The number of alkyl halides is 3. The largest absolute Gasteiger partial charge is 0.406 e. The number of para-hydroxylation sites is 1. The molecule has 1 atom stereocenters. The molecule has 8 nitrogen and oxygen atoms in total. The molecule has 12 heteroatoms. The third-order valence-corrected chi connectivity index (χ3v) is 8.82. The van der Waals surface area contributed by atoms with Gasteiger partial charge < -0.3 is 14.8 Å². The maximum atomic E-state index is 13.6. The number of H-pyrrole nitrogens is 2. The number of aryl methyl sites for hydroxylation is 1. The van der Waals surface area contributed by atoms with Gasteiger partial charge in [-0.15, -0.1) is 0 Å². The van der Waals surface area contributed by atoms with Crippen molar-refractivity contribution in [3.8, 4) is 0 Å². The van der Waals surface area contributed by atoms with Gasteiger partial charge in [0.05, 0.1) is 16.7 Å². The Labute approximate surface area is 243 Å². The molecule has 0 unspecified atom stereocenters. The molecule has 0 radical (unpaired) electrons. The lowest BCUT2D eigenvalue weighted by Crippen LogP contribution is -2.45. The third-order valence-electron chi connectivity index (χ3n) is 8.52. The highest BCUT2D eigenvalue weighted by Crippen LogP contribution is 2.35. The lowest BCUT2D eigenvalue weighted by Gasteiger charge is -2.35. The predicted molar refractivity (Wildman–Crippen MR) is 152 cm³/mol. The van der Waals surface area contributed by atoms with Gasteiger partial charge in [-0.3, -0.25) is 19.5 Å². The Morgan fingerprint density at radius 1 is 1.10 bits per heavy atom. The molecule has 220 valence electrons. The van der Waals surface area contributed by atoms with Crippen molar-refractivity contribution < 1.29 is 22.8 Å². The van der Waals surface area contributed by atoms with E-state index in [-0.39, 0.29) is 36.8 Å². The maximum absolute atomic E-state index is 13.6. The fourth-order valence-corrected chi connectivity index (χ4v) is 6.63. The second-order valence-electron chi connectivity index (χ2n) is 11.2. The highest BCUT2D eigenvalue weighted by Gasteiger charge is 2.38. The molecule has 0 spiro atoms. The number of hydrogen-bond donors (Lipinski definition) is 2. The minimum atomic E-state index is -4.60. The Morgan fingerprint density at radius 2 is 1.86 bits per heavy atom. The molecule has 2 aliphatic heterocycles. The van der Waals surface area contributed by atoms with Crippen LogP contribution in [0, 0.1) is 5.92 Å². The van der Waals surface area contributed by atoms with Crippen molar-refractivity contribution in [3.63, 3.8) is 0 Å². The number of amides is 2. The summed E-state index contributed by atoms with van der Waals surface area (Å²) in [6.07, 6.45) is -1.49. The van der Waals surface area contributed by atoms with E-state index in [1.54, 1.807) is 11.0 Å². The Morgan fingerprint density at radius 3 is 2.62 bits per heavy atom. The lowest BCUT2D eigenvalue weighted by molar-refractivity contribution is -0.166. The van der Waals surface area contributed by atoms with E-state index >= 15 is 0 Å². The number of carbonyl (C=O) groups excluding carboxylic acids is 2. The van der Waals surface area contributed by atoms with E-state index in [1.165, 1.54) is 6.20 Å². The molecule has 0 saturated carbocycles. The van der Waals surface area contributed by atoms with E-state index in [0.29, 0.717) is 59.4 Å². The van der Waals surface area contributed by atoms with Crippen LogP contribution in [0.3, 0.4) is 0 Å². The van der Waals surface area contributed by atoms with Crippen molar-refractivity contribution in [2.24, 2.45) is 5.92 Å². The fourth-order valence-electron chi connectivity index (χ4n) is 6.36. The van der Waals surface area contributed by atoms with Crippen LogP contribution in [-0.4, -0.2) is 62.6 Å². The lowest BCUT2D eigenvalue weighted by atomic mass is 9.87. The first kappa shape index (κ1) is 28.3. The maximum Gasteiger partial charge on any atom is 0.406 e. The summed E-state index contributed by atoms with van der Waals surface area (Å²) in [4.78, 5) is 45.0. The standard InChI is InChI=1S/C30H29ClF3N5O3/c31-24-12-18-5-6-20(29(42)39(16-30(32,33)34)15-23(18)22-14-35-37-27(22)24)13-26(40)38-9-7-17(8-10-38)21-11-19-3-1-2-4-25(19)36-28(21)41/h1-4,11-12,14,17,20H,5-10,13,15-16H2,(H,35,37)(H,36,41)/t20-/m0/s1. The minimum absolute atomic E-state index is 0.0197. The molecule has 4 heterocycles. The van der Waals surface area contributed by atoms with E-state index < -0.39 is 24.5 Å². The predicted octanol–water partition coefficient (Wildman–Crippen LogP) is 5.31. The van der Waals surface area contributed by atoms with E-state index in [4.69, 9.17) is 11.6 Å². The quantitative estimate of drug-likeness (QED) is 0.332. The van der Waals surface area contributed by atoms with E-state index in [2.05, 4.69) is 15.2 Å². The minimum Gasteiger partial charge on any atom is -0.343 e. The third kappa shape index (κ3) is 5.62. The number of rotatable bonds is 4. The van der Waals surface area contributed by atoms with E-state index in [0.717, 1.165) is 21.4 Å². The normalized spacial score (nSPS) is 18.8. The molecular formula is C30H29ClF3N5O3. The molecule has 4 aromatic rings. The van der Waals surface area contributed by atoms with Crippen molar-refractivity contribution in [2.75, 3.05) is 19.6 Å². The number of benzene rings is 2. The zero-order valence-corrected chi connectivity index (χ0v) is 23.4. The topological polar surface area (TPSA) is 102 Å². The highest BCUT2D eigenvalue weighted by molar-refractivity contribution is 6.35. The summed E-state index contributed by atoms with van der Waals surface area (Å²) < 4.78 is 40.7. The molecule has 0 aliphatic carbocycles. The van der Waals surface area contributed by atoms with Gasteiger partial charge in [0.2, 0.25) is 11.8 Å². The van der Waals surface area contributed by atoms with Crippen LogP contribution < -0.4 is 5.56 Å². The molecule has 6 rings (SSSR count). The van der Waals surface area contributed by atoms with Gasteiger partial charge in [-0.25, -0.2) is 0 Å². The van der Waals surface area contributed by atoms with Gasteiger partial charge in [-0.1, -0.05) is 29.8 Å². The molecule has 2 aromatic carbocycles. The SMILES string of the molecule is O=C(C[C@@H]1CCc2cc(Cl)c3[nH]ncc3c2CN(CC(F)(F)F)C1=O)N1CCC(c2cc3ccccc3[nH]c2=O)CC1. The van der Waals surface area contributed by atoms with Crippen LogP contribution in [-0.2, 0) is 22.6 Å². The van der Waals surface area contributed by atoms with Crippen molar-refractivity contribution in [3.05, 3.63) is 74.7 Å². The smallest absolute Gasteiger partial charge is 0.343 e. The van der Waals surface area contributed by atoms with Gasteiger partial charge in [-0.05, 0) is 66.3 Å². The van der Waals surface area contributed by atoms with Crippen LogP contribution >= 0.6 is 11.6 Å². The zero-order chi connectivity index (χ0) is 29.6. The van der Waals surface area contributed by atoms with Crippen molar-refractivity contribution in [2.45, 2.75) is 50.7 Å². The highest BCUT2D eigenvalue weighted by atomic mass is 35.5. The Kier molecular flexibility index (Phi) is 7.46. The Balaban J connectivity index is 1.18. The van der Waals surface area contributed by atoms with Crippen LogP contribution in [0.25, 0.3) is 21.8 Å². The van der Waals surface area contributed by atoms with Crippen LogP contribution in [0.5, 0.6) is 0 Å². The van der Waals surface area contributed by atoms with Crippen LogP contribution in [0.1, 0.15) is 48.3 Å². The monoisotopic (exact) mass is 599 g/mol. The van der Waals surface area contributed by atoms with Gasteiger partial charge in [0.25, 0.3) is 5.56 Å². The van der Waals surface area contributed by atoms with Crippen molar-refractivity contribution in [1.82, 2.24) is 25.0 Å². The molecule has 2 aromatic heterocycles. The average molecular weight is 600 g/mol. The summed E-state index contributed by atoms with van der Waals surface area (Å²) in [5.74, 6) is -1.87. The fraction of sp³-hybridized carbons (Fsp3) is 0.400. The number of halogens is 4. The Bertz CT molecular complexity index is 1720. The molecule has 0 bridgehead atoms. The Hall–Kier alpha value is -3.86. The molecule has 42 heavy (non-hydrogen) atoms. The number of fused-ring (bicyclic) bond motifs is 4. The molecule has 1 saturated heterocycles. The summed E-state index contributed by atoms with van der Waals surface area (Å²) >= 11 is 6.40. The molecule has 2 N–H and O–H groups in total. The first-order valence-corrected chi connectivity index (χ1v) is 14.3. The summed E-state index contributed by atoms with van der Waals surface area (Å²) in [5.41, 5.74) is 3.14. The molecule has 2 aliphatic rings. The molecule has 2 amide bonds. The van der Waals surface area contributed by atoms with E-state index in [9.17, 15) is 27.6 Å². The van der Waals surface area contributed by atoms with Gasteiger partial charge in [0.1, 0.15) is 6.54 Å². The van der Waals surface area contributed by atoms with E-state index in [1.807, 2.05) is 30.3 Å². The number of hydrogen-bond acceptors (Lipinski definition) is 4. The van der Waals surface area contributed by atoms with Gasteiger partial charge in [-0.2, -0.15) is 18.3 Å². The second kappa shape index (κ2) is 11.1. The first-order chi connectivity index (χ1) is 20.1. The summed E-state index contributed by atoms with van der Waals surface area (Å²) in [7, 11) is 0. The average Bonchev–Trinajstić information content (AvgIpc) is 3.45. The summed E-state index contributed by atoms with van der Waals surface area (Å²) in [6.45, 7) is -0.861. The number of nitrogens with zero attached hydrogens (tertiary/aromatic N) is 3. The van der Waals surface area contributed by atoms with Crippen LogP contribution in [0.2, 0.25) is 5.02 Å².